The first-order valence-electron chi connectivity index (χ1n) is 6.74. The fourth-order valence-corrected chi connectivity index (χ4v) is 4.18. The molecule has 2 aliphatic rings. The molecule has 0 spiro atoms. The Balaban J connectivity index is 1.82. The highest BCUT2D eigenvalue weighted by Gasteiger charge is 2.43. The molecule has 106 valence electrons. The van der Waals surface area contributed by atoms with E-state index in [4.69, 9.17) is 9.52 Å². The number of aliphatic hydroxyl groups excluding tert-OH is 1. The lowest BCUT2D eigenvalue weighted by atomic mass is 10.1. The summed E-state index contributed by atoms with van der Waals surface area (Å²) in [5, 5.41) is 9.01. The van der Waals surface area contributed by atoms with Crippen LogP contribution in [0.3, 0.4) is 0 Å². The van der Waals surface area contributed by atoms with Crippen LogP contribution in [0.1, 0.15) is 37.2 Å². The van der Waals surface area contributed by atoms with Crippen molar-refractivity contribution in [1.29, 1.82) is 0 Å². The summed E-state index contributed by atoms with van der Waals surface area (Å²) < 4.78 is 32.9. The molecule has 1 aromatic heterocycles. The lowest BCUT2D eigenvalue weighted by Gasteiger charge is -2.17. The molecule has 0 aromatic carbocycles. The van der Waals surface area contributed by atoms with Crippen molar-refractivity contribution in [2.75, 3.05) is 0 Å². The Morgan fingerprint density at radius 1 is 1.37 bits per heavy atom. The van der Waals surface area contributed by atoms with Gasteiger partial charge in [0.2, 0.25) is 10.0 Å². The molecule has 0 atom stereocenters. The van der Waals surface area contributed by atoms with E-state index in [1.165, 1.54) is 6.07 Å². The maximum atomic E-state index is 12.4. The predicted octanol–water partition coefficient (Wildman–Crippen LogP) is 1.55. The van der Waals surface area contributed by atoms with Gasteiger partial charge in [-0.25, -0.2) is 13.1 Å². The molecule has 1 heterocycles. The quantitative estimate of drug-likeness (QED) is 0.831. The van der Waals surface area contributed by atoms with Crippen molar-refractivity contribution >= 4 is 10.0 Å². The molecule has 2 aliphatic carbocycles. The van der Waals surface area contributed by atoms with Crippen LogP contribution in [0.25, 0.3) is 0 Å². The van der Waals surface area contributed by atoms with Gasteiger partial charge in [0.25, 0.3) is 0 Å². The summed E-state index contributed by atoms with van der Waals surface area (Å²) in [6.07, 6.45) is 4.48. The second-order valence-electron chi connectivity index (χ2n) is 5.61. The maximum Gasteiger partial charge on any atom is 0.244 e. The zero-order valence-electron chi connectivity index (χ0n) is 10.9. The average Bonchev–Trinajstić information content (AvgIpc) is 3.24. The van der Waals surface area contributed by atoms with Crippen LogP contribution >= 0.6 is 0 Å². The summed E-state index contributed by atoms with van der Waals surface area (Å²) in [6, 6.07) is 1.49. The third-order valence-corrected chi connectivity index (χ3v) is 5.49. The normalized spacial score (nSPS) is 20.2. The number of sulfonamides is 1. The molecule has 0 saturated heterocycles. The molecular weight excluding hydrogens is 266 g/mol. The summed E-state index contributed by atoms with van der Waals surface area (Å²) in [5.41, 5.74) is 0. The molecule has 1 aromatic rings. The van der Waals surface area contributed by atoms with E-state index in [-0.39, 0.29) is 23.3 Å². The molecule has 0 aliphatic heterocycles. The highest BCUT2D eigenvalue weighted by Crippen LogP contribution is 2.45. The van der Waals surface area contributed by atoms with E-state index < -0.39 is 10.0 Å². The van der Waals surface area contributed by atoms with Crippen LogP contribution in [-0.4, -0.2) is 19.6 Å². The minimum atomic E-state index is -3.54. The van der Waals surface area contributed by atoms with E-state index in [0.717, 1.165) is 25.7 Å². The molecule has 3 rings (SSSR count). The van der Waals surface area contributed by atoms with Crippen LogP contribution in [0.5, 0.6) is 0 Å². The number of furan rings is 1. The third kappa shape index (κ3) is 2.70. The number of hydrogen-bond donors (Lipinski definition) is 2. The minimum Gasteiger partial charge on any atom is -0.462 e. The first-order valence-corrected chi connectivity index (χ1v) is 8.22. The van der Waals surface area contributed by atoms with Crippen LogP contribution < -0.4 is 4.72 Å². The van der Waals surface area contributed by atoms with Gasteiger partial charge in [0, 0.05) is 12.1 Å². The van der Waals surface area contributed by atoms with Gasteiger partial charge in [-0.05, 0) is 44.4 Å². The van der Waals surface area contributed by atoms with Gasteiger partial charge in [-0.1, -0.05) is 0 Å². The standard InChI is InChI=1S/C13H19NO4S/c1-8-12(6-11(7-15)18-8)19(16,17)14-13(9-2-3-9)10-4-5-10/h6,9-10,13-15H,2-5,7H2,1H3. The van der Waals surface area contributed by atoms with E-state index in [0.29, 0.717) is 17.6 Å². The molecule has 19 heavy (non-hydrogen) atoms. The molecule has 5 nitrogen and oxygen atoms in total. The Hall–Kier alpha value is -0.850. The highest BCUT2D eigenvalue weighted by molar-refractivity contribution is 7.89. The van der Waals surface area contributed by atoms with Crippen molar-refractivity contribution in [3.05, 3.63) is 17.6 Å². The molecular formula is C13H19NO4S. The van der Waals surface area contributed by atoms with Crippen molar-refractivity contribution in [3.63, 3.8) is 0 Å². The number of hydrogen-bond acceptors (Lipinski definition) is 4. The summed E-state index contributed by atoms with van der Waals surface area (Å²) in [4.78, 5) is 0.155. The van der Waals surface area contributed by atoms with Gasteiger partial charge in [-0.3, -0.25) is 0 Å². The number of rotatable bonds is 6. The van der Waals surface area contributed by atoms with Gasteiger partial charge >= 0.3 is 0 Å². The van der Waals surface area contributed by atoms with Gasteiger partial charge in [0.15, 0.2) is 0 Å². The Morgan fingerprint density at radius 3 is 2.37 bits per heavy atom. The Bertz CT molecular complexity index is 557. The van der Waals surface area contributed by atoms with Gasteiger partial charge < -0.3 is 9.52 Å². The molecule has 0 amide bonds. The van der Waals surface area contributed by atoms with Crippen LogP contribution in [0.4, 0.5) is 0 Å². The monoisotopic (exact) mass is 285 g/mol. The van der Waals surface area contributed by atoms with Crippen molar-refractivity contribution < 1.29 is 17.9 Å². The zero-order chi connectivity index (χ0) is 13.6. The highest BCUT2D eigenvalue weighted by atomic mass is 32.2. The minimum absolute atomic E-state index is 0.0804. The summed E-state index contributed by atoms with van der Waals surface area (Å²) >= 11 is 0. The zero-order valence-corrected chi connectivity index (χ0v) is 11.7. The van der Waals surface area contributed by atoms with E-state index >= 15 is 0 Å². The van der Waals surface area contributed by atoms with Gasteiger partial charge in [0.1, 0.15) is 23.0 Å². The van der Waals surface area contributed by atoms with E-state index in [2.05, 4.69) is 4.72 Å². The van der Waals surface area contributed by atoms with Crippen LogP contribution in [-0.2, 0) is 16.6 Å². The topological polar surface area (TPSA) is 79.5 Å². The number of aliphatic hydroxyl groups is 1. The average molecular weight is 285 g/mol. The predicted molar refractivity (Wildman–Crippen MR) is 68.9 cm³/mol. The third-order valence-electron chi connectivity index (χ3n) is 3.92. The Labute approximate surface area is 113 Å². The van der Waals surface area contributed by atoms with Crippen molar-refractivity contribution in [1.82, 2.24) is 4.72 Å². The summed E-state index contributed by atoms with van der Waals surface area (Å²) in [7, 11) is -3.54. The lowest BCUT2D eigenvalue weighted by Crippen LogP contribution is -2.38. The largest absolute Gasteiger partial charge is 0.462 e. The summed E-state index contributed by atoms with van der Waals surface area (Å²) in [5.74, 6) is 1.63. The van der Waals surface area contributed by atoms with Crippen LogP contribution in [0, 0.1) is 18.8 Å². The number of aryl methyl sites for hydroxylation is 1. The summed E-state index contributed by atoms with van der Waals surface area (Å²) in [6.45, 7) is 1.32. The molecule has 0 radical (unpaired) electrons. The molecule has 2 N–H and O–H groups in total. The fourth-order valence-electron chi connectivity index (χ4n) is 2.60. The smallest absolute Gasteiger partial charge is 0.244 e. The molecule has 2 saturated carbocycles. The first-order chi connectivity index (χ1) is 9.01. The van der Waals surface area contributed by atoms with Gasteiger partial charge in [-0.15, -0.1) is 0 Å². The Morgan fingerprint density at radius 2 is 1.95 bits per heavy atom. The first kappa shape index (κ1) is 13.1. The van der Waals surface area contributed by atoms with E-state index in [1.807, 2.05) is 0 Å². The second kappa shape index (κ2) is 4.61. The van der Waals surface area contributed by atoms with Gasteiger partial charge in [0.05, 0.1) is 0 Å². The Kier molecular flexibility index (Phi) is 3.19. The molecule has 2 fully saturated rings. The SMILES string of the molecule is Cc1oc(CO)cc1S(=O)(=O)NC(C1CC1)C1CC1. The molecule has 0 bridgehead atoms. The maximum absolute atomic E-state index is 12.4. The fraction of sp³-hybridized carbons (Fsp3) is 0.692. The van der Waals surface area contributed by atoms with E-state index in [9.17, 15) is 8.42 Å². The van der Waals surface area contributed by atoms with Crippen LogP contribution in [0.2, 0.25) is 0 Å². The number of nitrogens with one attached hydrogen (secondary N) is 1. The van der Waals surface area contributed by atoms with Gasteiger partial charge in [-0.2, -0.15) is 0 Å². The van der Waals surface area contributed by atoms with Crippen LogP contribution in [0.15, 0.2) is 15.4 Å². The van der Waals surface area contributed by atoms with Crippen molar-refractivity contribution in [3.8, 4) is 0 Å². The van der Waals surface area contributed by atoms with E-state index in [1.54, 1.807) is 6.92 Å². The van der Waals surface area contributed by atoms with Crippen molar-refractivity contribution in [2.24, 2.45) is 11.8 Å². The molecule has 6 heteroatoms. The second-order valence-corrected chi connectivity index (χ2v) is 7.30. The molecule has 0 unspecified atom stereocenters. The lowest BCUT2D eigenvalue weighted by molar-refractivity contribution is 0.244. The van der Waals surface area contributed by atoms with Crippen molar-refractivity contribution in [2.45, 2.75) is 50.2 Å².